The minimum Gasteiger partial charge on any atom is -0.370 e. The lowest BCUT2D eigenvalue weighted by atomic mass is 10.3. The van der Waals surface area contributed by atoms with Gasteiger partial charge in [-0.25, -0.2) is 15.0 Å². The maximum atomic E-state index is 5.73. The second-order valence-electron chi connectivity index (χ2n) is 3.75. The molecule has 0 amide bonds. The highest BCUT2D eigenvalue weighted by atomic mass is 127. The van der Waals surface area contributed by atoms with Crippen LogP contribution in [-0.4, -0.2) is 22.0 Å². The summed E-state index contributed by atoms with van der Waals surface area (Å²) >= 11 is 0. The number of nitrogens with two attached hydrogens (primary N) is 1. The summed E-state index contributed by atoms with van der Waals surface area (Å²) in [6.45, 7) is 6.50. The molecule has 6 heteroatoms. The van der Waals surface area contributed by atoms with Gasteiger partial charge in [0.15, 0.2) is 5.96 Å². The van der Waals surface area contributed by atoms with E-state index in [0.717, 1.165) is 17.9 Å². The van der Waals surface area contributed by atoms with Crippen LogP contribution < -0.4 is 11.1 Å². The minimum absolute atomic E-state index is 0. The summed E-state index contributed by atoms with van der Waals surface area (Å²) < 4.78 is 0. The molecular formula is C11H20IN5. The fourth-order valence-electron chi connectivity index (χ4n) is 1.16. The maximum absolute atomic E-state index is 5.73. The normalized spacial score (nSPS) is 12.8. The largest absolute Gasteiger partial charge is 0.370 e. The maximum Gasteiger partial charge on any atom is 0.189 e. The van der Waals surface area contributed by atoms with Crippen molar-refractivity contribution in [2.75, 3.05) is 0 Å². The van der Waals surface area contributed by atoms with E-state index in [2.05, 4.69) is 34.1 Å². The molecule has 0 aromatic carbocycles. The van der Waals surface area contributed by atoms with Gasteiger partial charge in [0.1, 0.15) is 5.82 Å². The van der Waals surface area contributed by atoms with E-state index >= 15 is 0 Å². The molecule has 0 saturated heterocycles. The van der Waals surface area contributed by atoms with Crippen molar-refractivity contribution >= 4 is 29.9 Å². The first-order valence-electron chi connectivity index (χ1n) is 5.46. The summed E-state index contributed by atoms with van der Waals surface area (Å²) in [6.07, 6.45) is 2.74. The van der Waals surface area contributed by atoms with Crippen molar-refractivity contribution < 1.29 is 0 Å². The number of halogens is 1. The molecule has 1 atom stereocenters. The molecule has 1 rings (SSSR count). The quantitative estimate of drug-likeness (QED) is 0.492. The lowest BCUT2D eigenvalue weighted by molar-refractivity contribution is 0.636. The van der Waals surface area contributed by atoms with Gasteiger partial charge in [-0.15, -0.1) is 24.0 Å². The van der Waals surface area contributed by atoms with E-state index in [1.165, 1.54) is 0 Å². The lowest BCUT2D eigenvalue weighted by Gasteiger charge is -2.11. The topological polar surface area (TPSA) is 76.2 Å². The van der Waals surface area contributed by atoms with Crippen molar-refractivity contribution in [3.05, 3.63) is 23.8 Å². The van der Waals surface area contributed by atoms with Crippen molar-refractivity contribution in [3.63, 3.8) is 0 Å². The molecular weight excluding hydrogens is 329 g/mol. The Morgan fingerprint density at radius 2 is 2.29 bits per heavy atom. The van der Waals surface area contributed by atoms with E-state index in [9.17, 15) is 0 Å². The summed E-state index contributed by atoms with van der Waals surface area (Å²) in [6, 6.07) is 2.18. The zero-order valence-electron chi connectivity index (χ0n) is 10.5. The zero-order chi connectivity index (χ0) is 12.0. The van der Waals surface area contributed by atoms with E-state index in [-0.39, 0.29) is 24.0 Å². The molecule has 96 valence electrons. The Kier molecular flexibility index (Phi) is 7.77. The molecule has 0 spiro atoms. The van der Waals surface area contributed by atoms with Crippen molar-refractivity contribution in [2.45, 2.75) is 39.8 Å². The second-order valence-corrected chi connectivity index (χ2v) is 3.75. The highest BCUT2D eigenvalue weighted by Gasteiger charge is 1.99. The molecule has 0 radical (unpaired) electrons. The predicted octanol–water partition coefficient (Wildman–Crippen LogP) is 1.61. The van der Waals surface area contributed by atoms with Crippen LogP contribution in [0.5, 0.6) is 0 Å². The van der Waals surface area contributed by atoms with E-state index < -0.39 is 0 Å². The van der Waals surface area contributed by atoms with Crippen LogP contribution in [0, 0.1) is 6.92 Å². The molecule has 17 heavy (non-hydrogen) atoms. The predicted molar refractivity (Wildman–Crippen MR) is 80.4 cm³/mol. The van der Waals surface area contributed by atoms with Gasteiger partial charge in [0, 0.05) is 12.2 Å². The molecule has 0 aliphatic heterocycles. The highest BCUT2D eigenvalue weighted by molar-refractivity contribution is 14.0. The lowest BCUT2D eigenvalue weighted by Crippen LogP contribution is -2.38. The standard InChI is InChI=1S/C11H19N5.HI/c1-4-8(2)15-11(12)14-7-10-5-6-13-9(3)16-10;/h5-6,8H,4,7H2,1-3H3,(H3,12,14,15);1H. The molecule has 3 N–H and O–H groups in total. The fraction of sp³-hybridized carbons (Fsp3) is 0.545. The number of aliphatic imine (C=N–C) groups is 1. The summed E-state index contributed by atoms with van der Waals surface area (Å²) in [4.78, 5) is 12.5. The number of hydrogen-bond acceptors (Lipinski definition) is 3. The van der Waals surface area contributed by atoms with Crippen LogP contribution in [0.3, 0.4) is 0 Å². The fourth-order valence-corrected chi connectivity index (χ4v) is 1.16. The van der Waals surface area contributed by atoms with Gasteiger partial charge in [0.2, 0.25) is 0 Å². The summed E-state index contributed by atoms with van der Waals surface area (Å²) in [5.41, 5.74) is 6.61. The number of aryl methyl sites for hydroxylation is 1. The monoisotopic (exact) mass is 349 g/mol. The first kappa shape index (κ1) is 16.1. The van der Waals surface area contributed by atoms with Gasteiger partial charge >= 0.3 is 0 Å². The first-order chi connectivity index (χ1) is 7.61. The molecule has 0 aliphatic rings. The summed E-state index contributed by atoms with van der Waals surface area (Å²) in [5.74, 6) is 1.21. The van der Waals surface area contributed by atoms with Gasteiger partial charge in [-0.3, -0.25) is 0 Å². The van der Waals surface area contributed by atoms with E-state index in [4.69, 9.17) is 5.73 Å². The Hall–Kier alpha value is -0.920. The molecule has 1 aromatic rings. The highest BCUT2D eigenvalue weighted by Crippen LogP contribution is 1.96. The third kappa shape index (κ3) is 6.40. The van der Waals surface area contributed by atoms with Crippen LogP contribution in [0.2, 0.25) is 0 Å². The van der Waals surface area contributed by atoms with Crippen LogP contribution in [0.25, 0.3) is 0 Å². The number of nitrogens with one attached hydrogen (secondary N) is 1. The van der Waals surface area contributed by atoms with Gasteiger partial charge in [0.25, 0.3) is 0 Å². The van der Waals surface area contributed by atoms with Gasteiger partial charge < -0.3 is 11.1 Å². The van der Waals surface area contributed by atoms with Crippen LogP contribution in [0.1, 0.15) is 31.8 Å². The van der Waals surface area contributed by atoms with Crippen molar-refractivity contribution in [1.82, 2.24) is 15.3 Å². The average Bonchev–Trinajstić information content (AvgIpc) is 2.26. The van der Waals surface area contributed by atoms with Crippen LogP contribution in [0.15, 0.2) is 17.3 Å². The molecule has 0 aliphatic carbocycles. The van der Waals surface area contributed by atoms with Crippen molar-refractivity contribution in [1.29, 1.82) is 0 Å². The Bertz CT molecular complexity index is 367. The third-order valence-corrected chi connectivity index (χ3v) is 2.25. The Labute approximate surface area is 119 Å². The van der Waals surface area contributed by atoms with E-state index in [1.807, 2.05) is 13.0 Å². The third-order valence-electron chi connectivity index (χ3n) is 2.25. The number of aromatic nitrogens is 2. The molecule has 1 aromatic heterocycles. The molecule has 1 heterocycles. The number of rotatable bonds is 4. The van der Waals surface area contributed by atoms with Crippen LogP contribution in [-0.2, 0) is 6.54 Å². The SMILES string of the molecule is CCC(C)NC(N)=NCc1ccnc(C)n1.I. The van der Waals surface area contributed by atoms with Crippen molar-refractivity contribution in [2.24, 2.45) is 10.7 Å². The smallest absolute Gasteiger partial charge is 0.189 e. The summed E-state index contributed by atoms with van der Waals surface area (Å²) in [5, 5.41) is 3.10. The molecule has 0 bridgehead atoms. The number of guanidine groups is 1. The van der Waals surface area contributed by atoms with Gasteiger partial charge in [0.05, 0.1) is 12.2 Å². The Balaban J connectivity index is 0.00000256. The van der Waals surface area contributed by atoms with Crippen molar-refractivity contribution in [3.8, 4) is 0 Å². The van der Waals surface area contributed by atoms with Gasteiger partial charge in [-0.1, -0.05) is 6.92 Å². The number of nitrogens with zero attached hydrogens (tertiary/aromatic N) is 3. The van der Waals surface area contributed by atoms with Crippen LogP contribution >= 0.6 is 24.0 Å². The minimum atomic E-state index is 0. The molecule has 0 fully saturated rings. The molecule has 1 unspecified atom stereocenters. The Morgan fingerprint density at radius 3 is 2.88 bits per heavy atom. The number of hydrogen-bond donors (Lipinski definition) is 2. The van der Waals surface area contributed by atoms with Gasteiger partial charge in [-0.05, 0) is 26.3 Å². The van der Waals surface area contributed by atoms with Crippen LogP contribution in [0.4, 0.5) is 0 Å². The average molecular weight is 349 g/mol. The zero-order valence-corrected chi connectivity index (χ0v) is 12.8. The first-order valence-corrected chi connectivity index (χ1v) is 5.46. The second kappa shape index (κ2) is 8.21. The Morgan fingerprint density at radius 1 is 1.59 bits per heavy atom. The molecule has 5 nitrogen and oxygen atoms in total. The summed E-state index contributed by atoms with van der Waals surface area (Å²) in [7, 11) is 0. The van der Waals surface area contributed by atoms with E-state index in [0.29, 0.717) is 18.5 Å². The van der Waals surface area contributed by atoms with E-state index in [1.54, 1.807) is 6.20 Å². The van der Waals surface area contributed by atoms with Gasteiger partial charge in [-0.2, -0.15) is 0 Å². The molecule has 0 saturated carbocycles.